The molecule has 13 heteroatoms. The van der Waals surface area contributed by atoms with Crippen LogP contribution in [0.15, 0.2) is 9.79 Å². The van der Waals surface area contributed by atoms with E-state index in [0.717, 1.165) is 0 Å². The second-order valence-corrected chi connectivity index (χ2v) is 6.02. The maximum Gasteiger partial charge on any atom is 0.200 e. The van der Waals surface area contributed by atoms with Gasteiger partial charge in [0, 0.05) is 0 Å². The molecule has 0 atom stereocenters. The first kappa shape index (κ1) is 19.3. The molecule has 0 aliphatic rings. The molecule has 0 saturated carbocycles. The first-order chi connectivity index (χ1) is 11.4. The predicted molar refractivity (Wildman–Crippen MR) is 58.8 cm³/mol. The predicted octanol–water partition coefficient (Wildman–Crippen LogP) is 6.07. The molecule has 0 aliphatic carbocycles. The van der Waals surface area contributed by atoms with Crippen molar-refractivity contribution < 1.29 is 51.7 Å². The Morgan fingerprint density at radius 1 is 0.320 bits per heavy atom. The normalized spacial score (nSPS) is 12.6. The fraction of sp³-hybridized carbons (Fsp3) is 0. The smallest absolute Gasteiger partial charge is 0.200 e. The van der Waals surface area contributed by atoms with Crippen LogP contribution in [0.5, 0.6) is 0 Å². The van der Waals surface area contributed by atoms with Gasteiger partial charge in [0.15, 0.2) is 46.5 Å². The van der Waals surface area contributed by atoms with Gasteiger partial charge in [-0.2, -0.15) is 0 Å². The fourth-order valence-electron chi connectivity index (χ4n) is 1.72. The van der Waals surface area contributed by atoms with Gasteiger partial charge >= 0.3 is 0 Å². The Labute approximate surface area is 131 Å². The molecular weight excluding hydrogens is 404 g/mol. The molecule has 0 heterocycles. The molecule has 2 aromatic rings. The fourth-order valence-corrected chi connectivity index (χ4v) is 3.18. The molecule has 2 aromatic carbocycles. The summed E-state index contributed by atoms with van der Waals surface area (Å²) < 4.78 is 160. The van der Waals surface area contributed by atoms with Gasteiger partial charge in [-0.15, -0.1) is 7.77 Å². The summed E-state index contributed by atoms with van der Waals surface area (Å²) >= 11 is 0. The van der Waals surface area contributed by atoms with Gasteiger partial charge in [0.25, 0.3) is 0 Å². The number of benzene rings is 2. The molecule has 0 unspecified atom stereocenters. The van der Waals surface area contributed by atoms with Crippen LogP contribution in [0.25, 0.3) is 0 Å². The number of hydrogen-bond donors (Lipinski definition) is 0. The zero-order chi connectivity index (χ0) is 19.4. The van der Waals surface area contributed by atoms with Gasteiger partial charge in [-0.25, -0.2) is 43.9 Å². The molecule has 2 rings (SSSR count). The van der Waals surface area contributed by atoms with Crippen LogP contribution < -0.4 is 0 Å². The minimum Gasteiger partial charge on any atom is -0.202 e. The van der Waals surface area contributed by atoms with Crippen molar-refractivity contribution in [1.29, 1.82) is 0 Å². The van der Waals surface area contributed by atoms with Crippen LogP contribution in [0.4, 0.5) is 51.7 Å². The average Bonchev–Trinajstić information content (AvgIpc) is 2.54. The summed E-state index contributed by atoms with van der Waals surface area (Å²) in [5.74, 6) is -29.9. The lowest BCUT2D eigenvalue weighted by Crippen LogP contribution is -2.12. The Bertz CT molecular complexity index is 761. The zero-order valence-corrected chi connectivity index (χ0v) is 11.8. The average molecular weight is 404 g/mol. The SMILES string of the molecule is Fc1c(F)c(F)c(S(F)(F)c2c(F)c(F)c(F)c(F)c2F)c(F)c1F. The van der Waals surface area contributed by atoms with Crippen molar-refractivity contribution in [3.63, 3.8) is 0 Å². The van der Waals surface area contributed by atoms with Gasteiger partial charge in [0.05, 0.1) is 0 Å². The highest BCUT2D eigenvalue weighted by Gasteiger charge is 2.46. The van der Waals surface area contributed by atoms with Gasteiger partial charge in [-0.1, -0.05) is 0 Å². The van der Waals surface area contributed by atoms with Crippen LogP contribution in [-0.2, 0) is 0 Å². The molecule has 0 nitrogen and oxygen atoms in total. The van der Waals surface area contributed by atoms with Crippen LogP contribution >= 0.6 is 10.8 Å². The van der Waals surface area contributed by atoms with Crippen molar-refractivity contribution in [3.8, 4) is 0 Å². The molecule has 0 saturated heterocycles. The summed E-state index contributed by atoms with van der Waals surface area (Å²) in [4.78, 5) is -5.99. The van der Waals surface area contributed by atoms with E-state index < -0.39 is 78.8 Å². The summed E-state index contributed by atoms with van der Waals surface area (Å²) in [6.45, 7) is 0. The first-order valence-electron chi connectivity index (χ1n) is 5.61. The summed E-state index contributed by atoms with van der Waals surface area (Å²) in [6, 6.07) is 0. The monoisotopic (exact) mass is 404 g/mol. The van der Waals surface area contributed by atoms with Gasteiger partial charge in [0.1, 0.15) is 20.6 Å². The number of halogens is 12. The molecule has 0 radical (unpaired) electrons. The van der Waals surface area contributed by atoms with Crippen LogP contribution in [0.3, 0.4) is 0 Å². The highest BCUT2D eigenvalue weighted by Crippen LogP contribution is 2.68. The Morgan fingerprint density at radius 2 is 0.480 bits per heavy atom. The molecule has 0 aliphatic heterocycles. The summed E-state index contributed by atoms with van der Waals surface area (Å²) in [6.07, 6.45) is 0. The van der Waals surface area contributed by atoms with Gasteiger partial charge in [0.2, 0.25) is 11.6 Å². The lowest BCUT2D eigenvalue weighted by Gasteiger charge is -2.24. The molecule has 25 heavy (non-hydrogen) atoms. The van der Waals surface area contributed by atoms with Gasteiger partial charge in [-0.3, -0.25) is 0 Å². The quantitative estimate of drug-likeness (QED) is 0.324. The van der Waals surface area contributed by atoms with E-state index in [9.17, 15) is 51.7 Å². The molecule has 0 N–H and O–H groups in total. The molecule has 0 spiro atoms. The molecule has 0 bridgehead atoms. The van der Waals surface area contributed by atoms with Crippen molar-refractivity contribution in [1.82, 2.24) is 0 Å². The van der Waals surface area contributed by atoms with Crippen LogP contribution in [0, 0.1) is 58.2 Å². The van der Waals surface area contributed by atoms with Crippen LogP contribution in [0.1, 0.15) is 0 Å². The van der Waals surface area contributed by atoms with E-state index in [1.54, 1.807) is 0 Å². The van der Waals surface area contributed by atoms with E-state index in [4.69, 9.17) is 0 Å². The topological polar surface area (TPSA) is 0 Å². The molecule has 0 amide bonds. The first-order valence-corrected chi connectivity index (χ1v) is 7.04. The van der Waals surface area contributed by atoms with Crippen LogP contribution in [-0.4, -0.2) is 0 Å². The van der Waals surface area contributed by atoms with Crippen molar-refractivity contribution in [3.05, 3.63) is 58.2 Å². The van der Waals surface area contributed by atoms with Crippen molar-refractivity contribution in [2.45, 2.75) is 9.79 Å². The third-order valence-corrected chi connectivity index (χ3v) is 4.59. The Kier molecular flexibility index (Phi) is 4.65. The summed E-state index contributed by atoms with van der Waals surface area (Å²) in [5.41, 5.74) is 0. The van der Waals surface area contributed by atoms with Crippen molar-refractivity contribution >= 4 is 10.8 Å². The third kappa shape index (κ3) is 2.60. The summed E-state index contributed by atoms with van der Waals surface area (Å²) in [5, 5.41) is 0. The number of hydrogen-bond acceptors (Lipinski definition) is 0. The van der Waals surface area contributed by atoms with Gasteiger partial charge < -0.3 is 0 Å². The van der Waals surface area contributed by atoms with E-state index in [0.29, 0.717) is 0 Å². The van der Waals surface area contributed by atoms with E-state index in [1.807, 2.05) is 0 Å². The standard InChI is InChI=1S/C12F12S/c13-1-3(15)7(19)11(8(20)4(1)16)25(23,24)12-9(21)5(17)2(14)6(18)10(12)22. The zero-order valence-electron chi connectivity index (χ0n) is 10.9. The lowest BCUT2D eigenvalue weighted by atomic mass is 10.3. The maximum absolute atomic E-state index is 14.1. The Balaban J connectivity index is 2.96. The van der Waals surface area contributed by atoms with Crippen molar-refractivity contribution in [2.24, 2.45) is 0 Å². The number of rotatable bonds is 2. The van der Waals surface area contributed by atoms with Crippen molar-refractivity contribution in [2.75, 3.05) is 0 Å². The van der Waals surface area contributed by atoms with E-state index in [2.05, 4.69) is 0 Å². The van der Waals surface area contributed by atoms with E-state index >= 15 is 0 Å². The minimum atomic E-state index is -6.88. The highest BCUT2D eigenvalue weighted by atomic mass is 32.3. The Hall–Kier alpha value is -2.05. The third-order valence-electron chi connectivity index (χ3n) is 2.85. The largest absolute Gasteiger partial charge is 0.202 e. The molecule has 138 valence electrons. The van der Waals surface area contributed by atoms with Gasteiger partial charge in [-0.05, 0) is 0 Å². The highest BCUT2D eigenvalue weighted by molar-refractivity contribution is 8.25. The lowest BCUT2D eigenvalue weighted by molar-refractivity contribution is 0.350. The van der Waals surface area contributed by atoms with Crippen LogP contribution in [0.2, 0.25) is 0 Å². The second-order valence-electron chi connectivity index (χ2n) is 4.27. The second kappa shape index (κ2) is 6.04. The maximum atomic E-state index is 14.1. The van der Waals surface area contributed by atoms with E-state index in [1.165, 1.54) is 0 Å². The molecular formula is C12F12S. The molecule has 0 fully saturated rings. The minimum absolute atomic E-state index is 2.86. The Morgan fingerprint density at radius 3 is 0.680 bits per heavy atom. The molecule has 0 aromatic heterocycles. The summed E-state index contributed by atoms with van der Waals surface area (Å²) in [7, 11) is -6.88. The van der Waals surface area contributed by atoms with E-state index in [-0.39, 0.29) is 0 Å².